The molecule has 3 rings (SSSR count). The van der Waals surface area contributed by atoms with Gasteiger partial charge in [-0.15, -0.1) is 0 Å². The minimum atomic E-state index is -0.471. The van der Waals surface area contributed by atoms with Crippen LogP contribution < -0.4 is 10.6 Å². The van der Waals surface area contributed by atoms with Crippen molar-refractivity contribution in [1.82, 2.24) is 5.32 Å². The van der Waals surface area contributed by atoms with Crippen molar-refractivity contribution >= 4 is 17.4 Å². The largest absolute Gasteiger partial charge is 0.387 e. The number of nitriles is 1. The van der Waals surface area contributed by atoms with E-state index < -0.39 is 5.91 Å². The number of carbonyl (C=O) groups excluding carboxylic acids is 2. The highest BCUT2D eigenvalue weighted by molar-refractivity contribution is 6.07. The molecule has 0 saturated heterocycles. The first-order valence-electron chi connectivity index (χ1n) is 9.26. The normalized spacial score (nSPS) is 25.4. The number of rotatable bonds is 6. The number of hydrogen-bond acceptors (Lipinski definition) is 4. The number of benzene rings is 1. The van der Waals surface area contributed by atoms with E-state index in [9.17, 15) is 14.9 Å². The summed E-state index contributed by atoms with van der Waals surface area (Å²) in [6, 6.07) is 8.92. The Morgan fingerprint density at radius 3 is 2.73 bits per heavy atom. The number of nitrogens with zero attached hydrogens (tertiary/aromatic N) is 1. The van der Waals surface area contributed by atoms with Crippen molar-refractivity contribution in [3.63, 3.8) is 0 Å². The second-order valence-corrected chi connectivity index (χ2v) is 7.55. The van der Waals surface area contributed by atoms with Crippen LogP contribution in [0.5, 0.6) is 0 Å². The lowest BCUT2D eigenvalue weighted by Gasteiger charge is -2.28. The highest BCUT2D eigenvalue weighted by atomic mass is 16.1. The summed E-state index contributed by atoms with van der Waals surface area (Å²) in [5, 5.41) is 15.3. The lowest BCUT2D eigenvalue weighted by molar-refractivity contribution is -0.112. The minimum Gasteiger partial charge on any atom is -0.387 e. The molecule has 0 aromatic heterocycles. The Kier molecular flexibility index (Phi) is 5.41. The van der Waals surface area contributed by atoms with Crippen LogP contribution in [0.1, 0.15) is 49.9 Å². The maximum atomic E-state index is 12.4. The zero-order valence-electron chi connectivity index (χ0n) is 15.3. The molecule has 136 valence electrons. The van der Waals surface area contributed by atoms with Gasteiger partial charge in [0.15, 0.2) is 5.78 Å². The summed E-state index contributed by atoms with van der Waals surface area (Å²) in [4.78, 5) is 23.8. The van der Waals surface area contributed by atoms with Crippen LogP contribution in [-0.4, -0.2) is 17.7 Å². The first-order chi connectivity index (χ1) is 12.5. The molecule has 4 unspecified atom stereocenters. The fourth-order valence-corrected chi connectivity index (χ4v) is 4.41. The molecule has 2 fully saturated rings. The van der Waals surface area contributed by atoms with Crippen LogP contribution in [0.4, 0.5) is 5.69 Å². The Hall–Kier alpha value is -2.61. The lowest BCUT2D eigenvalue weighted by atomic mass is 9.84. The Morgan fingerprint density at radius 1 is 1.31 bits per heavy atom. The van der Waals surface area contributed by atoms with Crippen molar-refractivity contribution in [2.75, 3.05) is 5.32 Å². The van der Waals surface area contributed by atoms with E-state index in [1.54, 1.807) is 24.3 Å². The van der Waals surface area contributed by atoms with Crippen molar-refractivity contribution < 1.29 is 9.59 Å². The highest BCUT2D eigenvalue weighted by Crippen LogP contribution is 2.49. The molecule has 4 atom stereocenters. The van der Waals surface area contributed by atoms with E-state index in [1.165, 1.54) is 38.8 Å². The number of amides is 1. The average molecular weight is 351 g/mol. The third-order valence-electron chi connectivity index (χ3n) is 5.82. The number of ketones is 1. The number of Topliss-reactive ketones (excluding diaryl/α,β-unsaturated/α-hetero) is 1. The van der Waals surface area contributed by atoms with E-state index in [2.05, 4.69) is 17.6 Å². The standard InChI is InChI=1S/C21H25N3O2/c1-13(20-9-15-6-7-17(20)8-15)23-12-18(11-22)21(26)24-19-5-3-4-16(10-19)14(2)25/h3-5,10,12-13,15,17,20,23H,6-9H2,1-2H3,(H,24,26)/b18-12-. The molecule has 0 aliphatic heterocycles. The zero-order valence-corrected chi connectivity index (χ0v) is 15.3. The van der Waals surface area contributed by atoms with Gasteiger partial charge in [0.05, 0.1) is 0 Å². The van der Waals surface area contributed by atoms with E-state index >= 15 is 0 Å². The fraction of sp³-hybridized carbons (Fsp3) is 0.476. The quantitative estimate of drug-likeness (QED) is 0.466. The van der Waals surface area contributed by atoms with Gasteiger partial charge in [0, 0.05) is 23.5 Å². The number of hydrogen-bond donors (Lipinski definition) is 2. The van der Waals surface area contributed by atoms with Gasteiger partial charge in [-0.25, -0.2) is 0 Å². The molecular formula is C21H25N3O2. The van der Waals surface area contributed by atoms with Crippen LogP contribution in [0.25, 0.3) is 0 Å². The lowest BCUT2D eigenvalue weighted by Crippen LogP contribution is -2.34. The van der Waals surface area contributed by atoms with Crippen molar-refractivity contribution in [1.29, 1.82) is 5.26 Å². The molecule has 2 saturated carbocycles. The topological polar surface area (TPSA) is 82.0 Å². The van der Waals surface area contributed by atoms with Gasteiger partial charge >= 0.3 is 0 Å². The summed E-state index contributed by atoms with van der Waals surface area (Å²) in [7, 11) is 0. The van der Waals surface area contributed by atoms with Gasteiger partial charge in [0.1, 0.15) is 11.6 Å². The third kappa shape index (κ3) is 3.96. The molecule has 1 amide bonds. The SMILES string of the molecule is CC(=O)c1cccc(NC(=O)/C(C#N)=C\NC(C)C2CC3CCC2C3)c1. The molecule has 0 heterocycles. The first kappa shape index (κ1) is 18.2. The summed E-state index contributed by atoms with van der Waals surface area (Å²) in [5.41, 5.74) is 1.06. The molecule has 26 heavy (non-hydrogen) atoms. The molecule has 2 bridgehead atoms. The summed E-state index contributed by atoms with van der Waals surface area (Å²) in [6.45, 7) is 3.60. The average Bonchev–Trinajstić information content (AvgIpc) is 3.25. The van der Waals surface area contributed by atoms with Gasteiger partial charge in [-0.2, -0.15) is 5.26 Å². The zero-order chi connectivity index (χ0) is 18.7. The summed E-state index contributed by atoms with van der Waals surface area (Å²) in [6.07, 6.45) is 6.77. The maximum absolute atomic E-state index is 12.4. The summed E-state index contributed by atoms with van der Waals surface area (Å²) in [5.74, 6) is 1.73. The van der Waals surface area contributed by atoms with Crippen LogP contribution >= 0.6 is 0 Å². The summed E-state index contributed by atoms with van der Waals surface area (Å²) < 4.78 is 0. The van der Waals surface area contributed by atoms with Crippen LogP contribution in [0.3, 0.4) is 0 Å². The number of nitrogens with one attached hydrogen (secondary N) is 2. The Balaban J connectivity index is 1.61. The van der Waals surface area contributed by atoms with Crippen molar-refractivity contribution in [3.05, 3.63) is 41.6 Å². The highest BCUT2D eigenvalue weighted by Gasteiger charge is 2.41. The monoisotopic (exact) mass is 351 g/mol. The van der Waals surface area contributed by atoms with Crippen LogP contribution in [0, 0.1) is 29.1 Å². The molecule has 2 aliphatic rings. The smallest absolute Gasteiger partial charge is 0.267 e. The van der Waals surface area contributed by atoms with Gasteiger partial charge in [0.2, 0.25) is 0 Å². The molecule has 5 nitrogen and oxygen atoms in total. The van der Waals surface area contributed by atoms with E-state index in [4.69, 9.17) is 0 Å². The van der Waals surface area contributed by atoms with Crippen LogP contribution in [-0.2, 0) is 4.79 Å². The molecule has 2 aliphatic carbocycles. The van der Waals surface area contributed by atoms with Gasteiger partial charge in [-0.3, -0.25) is 9.59 Å². The molecule has 2 N–H and O–H groups in total. The molecular weight excluding hydrogens is 326 g/mol. The van der Waals surface area contributed by atoms with Crippen molar-refractivity contribution in [2.24, 2.45) is 17.8 Å². The Bertz CT molecular complexity index is 778. The van der Waals surface area contributed by atoms with Gasteiger partial charge in [-0.1, -0.05) is 18.6 Å². The van der Waals surface area contributed by atoms with Crippen molar-refractivity contribution in [3.8, 4) is 6.07 Å². The molecule has 5 heteroatoms. The predicted octanol–water partition coefficient (Wildman–Crippen LogP) is 3.65. The number of carbonyl (C=O) groups is 2. The van der Waals surface area contributed by atoms with Crippen LogP contribution in [0.2, 0.25) is 0 Å². The third-order valence-corrected chi connectivity index (χ3v) is 5.82. The molecule has 0 radical (unpaired) electrons. The van der Waals surface area contributed by atoms with Crippen molar-refractivity contribution in [2.45, 2.75) is 45.6 Å². The fourth-order valence-electron chi connectivity index (χ4n) is 4.41. The minimum absolute atomic E-state index is 0.0354. The molecule has 1 aromatic rings. The molecule has 0 spiro atoms. The Morgan fingerprint density at radius 2 is 2.12 bits per heavy atom. The maximum Gasteiger partial charge on any atom is 0.267 e. The number of anilines is 1. The van der Waals surface area contributed by atoms with Gasteiger partial charge in [0.25, 0.3) is 5.91 Å². The Labute approximate surface area is 154 Å². The van der Waals surface area contributed by atoms with E-state index in [1.807, 2.05) is 6.07 Å². The van der Waals surface area contributed by atoms with E-state index in [-0.39, 0.29) is 17.4 Å². The molecule has 1 aromatic carbocycles. The number of fused-ring (bicyclic) bond motifs is 2. The second-order valence-electron chi connectivity index (χ2n) is 7.55. The van der Waals surface area contributed by atoms with Gasteiger partial charge < -0.3 is 10.6 Å². The first-order valence-corrected chi connectivity index (χ1v) is 9.26. The van der Waals surface area contributed by atoms with Crippen LogP contribution in [0.15, 0.2) is 36.0 Å². The van der Waals surface area contributed by atoms with Gasteiger partial charge in [-0.05, 0) is 63.0 Å². The summed E-state index contributed by atoms with van der Waals surface area (Å²) >= 11 is 0. The van der Waals surface area contributed by atoms with E-state index in [0.717, 1.165) is 11.8 Å². The predicted molar refractivity (Wildman–Crippen MR) is 100 cm³/mol. The van der Waals surface area contributed by atoms with E-state index in [0.29, 0.717) is 17.2 Å². The second kappa shape index (κ2) is 7.74.